The number of ether oxygens (including phenoxy) is 1. The Kier molecular flexibility index (Phi) is 3.83. The van der Waals surface area contributed by atoms with Crippen molar-refractivity contribution in [2.45, 2.75) is 19.4 Å². The van der Waals surface area contributed by atoms with E-state index in [1.165, 1.54) is 0 Å². The Morgan fingerprint density at radius 3 is 2.42 bits per heavy atom. The van der Waals surface area contributed by atoms with Crippen LogP contribution in [0.5, 0.6) is 5.75 Å². The number of aliphatic hydroxyl groups is 1. The molecule has 0 spiro atoms. The number of methoxy groups -OCH3 is 1. The molecule has 0 aromatic heterocycles. The van der Waals surface area contributed by atoms with E-state index in [9.17, 15) is 5.11 Å². The van der Waals surface area contributed by atoms with Gasteiger partial charge in [0, 0.05) is 5.02 Å². The van der Waals surface area contributed by atoms with Gasteiger partial charge in [0.2, 0.25) is 0 Å². The number of halogens is 1. The lowest BCUT2D eigenvalue weighted by Crippen LogP contribution is -2.22. The van der Waals surface area contributed by atoms with E-state index >= 15 is 0 Å². The van der Waals surface area contributed by atoms with Crippen molar-refractivity contribution >= 4 is 11.6 Å². The molecule has 0 fully saturated rings. The SMILES string of the molecule is COc1cccc(C(C)(O)c2ccc(C)c(Cl)c2)c1. The Bertz CT molecular complexity index is 591. The first-order valence-electron chi connectivity index (χ1n) is 6.08. The van der Waals surface area contributed by atoms with Crippen LogP contribution in [-0.2, 0) is 5.60 Å². The summed E-state index contributed by atoms with van der Waals surface area (Å²) in [5.41, 5.74) is 1.42. The summed E-state index contributed by atoms with van der Waals surface area (Å²) >= 11 is 6.13. The molecule has 100 valence electrons. The fourth-order valence-corrected chi connectivity index (χ4v) is 2.17. The maximum atomic E-state index is 10.8. The van der Waals surface area contributed by atoms with Gasteiger partial charge in [0.25, 0.3) is 0 Å². The molecule has 1 atom stereocenters. The molecule has 2 aromatic carbocycles. The van der Waals surface area contributed by atoms with Gasteiger partial charge in [0.1, 0.15) is 11.4 Å². The highest BCUT2D eigenvalue weighted by Gasteiger charge is 2.26. The third-order valence-corrected chi connectivity index (χ3v) is 3.77. The topological polar surface area (TPSA) is 29.5 Å². The molecule has 2 rings (SSSR count). The summed E-state index contributed by atoms with van der Waals surface area (Å²) in [6, 6.07) is 13.0. The molecule has 2 nitrogen and oxygen atoms in total. The molecular formula is C16H17ClO2. The minimum absolute atomic E-state index is 0.653. The molecule has 0 amide bonds. The molecule has 3 heteroatoms. The lowest BCUT2D eigenvalue weighted by atomic mass is 9.88. The van der Waals surface area contributed by atoms with Crippen molar-refractivity contribution in [2.75, 3.05) is 7.11 Å². The zero-order chi connectivity index (χ0) is 14.0. The van der Waals surface area contributed by atoms with Crippen LogP contribution in [0.2, 0.25) is 5.02 Å². The molecule has 2 aromatic rings. The zero-order valence-electron chi connectivity index (χ0n) is 11.3. The van der Waals surface area contributed by atoms with Crippen molar-refractivity contribution in [1.29, 1.82) is 0 Å². The minimum atomic E-state index is -1.11. The fraction of sp³-hybridized carbons (Fsp3) is 0.250. The summed E-state index contributed by atoms with van der Waals surface area (Å²) in [6.45, 7) is 3.69. The molecule has 0 saturated heterocycles. The van der Waals surface area contributed by atoms with E-state index in [1.54, 1.807) is 20.1 Å². The van der Waals surface area contributed by atoms with E-state index in [2.05, 4.69) is 0 Å². The summed E-state index contributed by atoms with van der Waals surface area (Å²) in [5, 5.41) is 11.4. The Balaban J connectivity index is 2.47. The molecule has 0 heterocycles. The van der Waals surface area contributed by atoms with E-state index < -0.39 is 5.60 Å². The monoisotopic (exact) mass is 276 g/mol. The number of hydrogen-bond donors (Lipinski definition) is 1. The summed E-state index contributed by atoms with van der Waals surface area (Å²) in [5.74, 6) is 0.719. The predicted molar refractivity (Wildman–Crippen MR) is 77.9 cm³/mol. The Morgan fingerprint density at radius 2 is 1.79 bits per heavy atom. The largest absolute Gasteiger partial charge is 0.497 e. The van der Waals surface area contributed by atoms with Crippen LogP contribution < -0.4 is 4.74 Å². The molecule has 1 N–H and O–H groups in total. The highest BCUT2D eigenvalue weighted by atomic mass is 35.5. The fourth-order valence-electron chi connectivity index (χ4n) is 1.99. The van der Waals surface area contributed by atoms with E-state index in [-0.39, 0.29) is 0 Å². The van der Waals surface area contributed by atoms with Crippen LogP contribution in [0.3, 0.4) is 0 Å². The van der Waals surface area contributed by atoms with Crippen LogP contribution in [-0.4, -0.2) is 12.2 Å². The highest BCUT2D eigenvalue weighted by molar-refractivity contribution is 6.31. The second-order valence-corrected chi connectivity index (χ2v) is 5.18. The van der Waals surface area contributed by atoms with E-state index in [0.29, 0.717) is 5.02 Å². The molecular weight excluding hydrogens is 260 g/mol. The molecule has 0 aliphatic carbocycles. The summed E-state index contributed by atoms with van der Waals surface area (Å²) in [6.07, 6.45) is 0. The van der Waals surface area contributed by atoms with Crippen LogP contribution in [0.25, 0.3) is 0 Å². The Morgan fingerprint density at radius 1 is 1.11 bits per heavy atom. The third-order valence-electron chi connectivity index (χ3n) is 3.37. The van der Waals surface area contributed by atoms with Crippen LogP contribution in [0.4, 0.5) is 0 Å². The van der Waals surface area contributed by atoms with Gasteiger partial charge in [0.15, 0.2) is 0 Å². The molecule has 0 aliphatic rings. The van der Waals surface area contributed by atoms with Crippen LogP contribution >= 0.6 is 11.6 Å². The highest BCUT2D eigenvalue weighted by Crippen LogP contribution is 2.33. The van der Waals surface area contributed by atoms with Crippen molar-refractivity contribution in [3.8, 4) is 5.75 Å². The second-order valence-electron chi connectivity index (χ2n) is 4.77. The van der Waals surface area contributed by atoms with Crippen molar-refractivity contribution in [3.05, 3.63) is 64.2 Å². The first-order valence-corrected chi connectivity index (χ1v) is 6.46. The lowest BCUT2D eigenvalue weighted by Gasteiger charge is -2.25. The van der Waals surface area contributed by atoms with Gasteiger partial charge in [0.05, 0.1) is 7.11 Å². The predicted octanol–water partition coefficient (Wildman–Crippen LogP) is 3.91. The van der Waals surface area contributed by atoms with E-state index in [1.807, 2.05) is 43.3 Å². The maximum Gasteiger partial charge on any atom is 0.119 e. The zero-order valence-corrected chi connectivity index (χ0v) is 12.0. The molecule has 19 heavy (non-hydrogen) atoms. The van der Waals surface area contributed by atoms with Gasteiger partial charge in [-0.3, -0.25) is 0 Å². The van der Waals surface area contributed by atoms with Gasteiger partial charge >= 0.3 is 0 Å². The van der Waals surface area contributed by atoms with Crippen molar-refractivity contribution in [2.24, 2.45) is 0 Å². The third kappa shape index (κ3) is 2.75. The first kappa shape index (κ1) is 13.9. The lowest BCUT2D eigenvalue weighted by molar-refractivity contribution is 0.102. The van der Waals surface area contributed by atoms with Crippen LogP contribution in [0.1, 0.15) is 23.6 Å². The molecule has 0 aliphatic heterocycles. The van der Waals surface area contributed by atoms with Crippen molar-refractivity contribution in [1.82, 2.24) is 0 Å². The average molecular weight is 277 g/mol. The molecule has 0 radical (unpaired) electrons. The number of rotatable bonds is 3. The second kappa shape index (κ2) is 5.24. The quantitative estimate of drug-likeness (QED) is 0.921. The summed E-state index contributed by atoms with van der Waals surface area (Å²) in [7, 11) is 1.61. The van der Waals surface area contributed by atoms with Gasteiger partial charge in [-0.15, -0.1) is 0 Å². The smallest absolute Gasteiger partial charge is 0.119 e. The number of benzene rings is 2. The van der Waals surface area contributed by atoms with Gasteiger partial charge in [-0.05, 0) is 48.7 Å². The Labute approximate surface area is 118 Å². The minimum Gasteiger partial charge on any atom is -0.497 e. The van der Waals surface area contributed by atoms with E-state index in [4.69, 9.17) is 16.3 Å². The first-order chi connectivity index (χ1) is 8.95. The average Bonchev–Trinajstić information content (AvgIpc) is 2.41. The Hall–Kier alpha value is -1.51. The van der Waals surface area contributed by atoms with Crippen LogP contribution in [0.15, 0.2) is 42.5 Å². The summed E-state index contributed by atoms with van der Waals surface area (Å²) in [4.78, 5) is 0. The van der Waals surface area contributed by atoms with Crippen molar-refractivity contribution in [3.63, 3.8) is 0 Å². The van der Waals surface area contributed by atoms with Gasteiger partial charge in [-0.2, -0.15) is 0 Å². The van der Waals surface area contributed by atoms with E-state index in [0.717, 1.165) is 22.4 Å². The maximum absolute atomic E-state index is 10.8. The van der Waals surface area contributed by atoms with Gasteiger partial charge in [-0.25, -0.2) is 0 Å². The molecule has 0 bridgehead atoms. The molecule has 0 saturated carbocycles. The van der Waals surface area contributed by atoms with Crippen molar-refractivity contribution < 1.29 is 9.84 Å². The number of hydrogen-bond acceptors (Lipinski definition) is 2. The summed E-state index contributed by atoms with van der Waals surface area (Å²) < 4.78 is 5.19. The standard InChI is InChI=1S/C16H17ClO2/c1-11-7-8-13(10-15(11)17)16(2,18)12-5-4-6-14(9-12)19-3/h4-10,18H,1-3H3. The molecule has 1 unspecified atom stereocenters. The number of aryl methyl sites for hydroxylation is 1. The van der Waals surface area contributed by atoms with Crippen LogP contribution in [0, 0.1) is 6.92 Å². The van der Waals surface area contributed by atoms with Gasteiger partial charge < -0.3 is 9.84 Å². The normalized spacial score (nSPS) is 13.9. The van der Waals surface area contributed by atoms with Gasteiger partial charge in [-0.1, -0.05) is 35.9 Å².